The first-order valence-corrected chi connectivity index (χ1v) is 11.1. The van der Waals surface area contributed by atoms with Crippen molar-refractivity contribution in [3.63, 3.8) is 0 Å². The van der Waals surface area contributed by atoms with E-state index in [4.69, 9.17) is 9.72 Å². The lowest BCUT2D eigenvalue weighted by Gasteiger charge is -2.21. The molecule has 160 valence electrons. The number of nitrogens with one attached hydrogen (secondary N) is 1. The maximum Gasteiger partial charge on any atom is 0.262 e. The Bertz CT molecular complexity index is 1240. The third kappa shape index (κ3) is 4.07. The van der Waals surface area contributed by atoms with Crippen LogP contribution in [0.2, 0.25) is 0 Å². The van der Waals surface area contributed by atoms with Gasteiger partial charge in [0, 0.05) is 11.6 Å². The number of benzene rings is 2. The van der Waals surface area contributed by atoms with Crippen LogP contribution in [0.1, 0.15) is 43.6 Å². The molecule has 0 spiro atoms. The van der Waals surface area contributed by atoms with Crippen molar-refractivity contribution in [2.75, 3.05) is 11.9 Å². The predicted octanol–water partition coefficient (Wildman–Crippen LogP) is 4.06. The Kier molecular flexibility index (Phi) is 5.82. The van der Waals surface area contributed by atoms with E-state index in [1.165, 1.54) is 11.8 Å². The molecule has 31 heavy (non-hydrogen) atoms. The highest BCUT2D eigenvalue weighted by Crippen LogP contribution is 2.32. The zero-order valence-electron chi connectivity index (χ0n) is 17.5. The van der Waals surface area contributed by atoms with Gasteiger partial charge in [-0.2, -0.15) is 0 Å². The van der Waals surface area contributed by atoms with Crippen molar-refractivity contribution in [2.45, 2.75) is 43.6 Å². The molecule has 3 aromatic rings. The quantitative estimate of drug-likeness (QED) is 0.355. The number of amides is 1. The van der Waals surface area contributed by atoms with Gasteiger partial charge < -0.3 is 10.1 Å². The summed E-state index contributed by atoms with van der Waals surface area (Å²) in [4.78, 5) is 42.5. The van der Waals surface area contributed by atoms with Gasteiger partial charge in [0.25, 0.3) is 11.5 Å². The molecule has 1 aliphatic heterocycles. The van der Waals surface area contributed by atoms with E-state index in [9.17, 15) is 14.4 Å². The number of anilines is 1. The van der Waals surface area contributed by atoms with E-state index in [2.05, 4.69) is 5.32 Å². The van der Waals surface area contributed by atoms with Crippen LogP contribution in [0.5, 0.6) is 5.75 Å². The minimum atomic E-state index is -0.485. The Morgan fingerprint density at radius 1 is 1.23 bits per heavy atom. The number of ether oxygens (including phenoxy) is 1. The number of ketones is 1. The van der Waals surface area contributed by atoms with Gasteiger partial charge in [0.15, 0.2) is 17.5 Å². The van der Waals surface area contributed by atoms with Crippen LogP contribution in [0.4, 0.5) is 5.69 Å². The van der Waals surface area contributed by atoms with Crippen LogP contribution in [0.3, 0.4) is 0 Å². The van der Waals surface area contributed by atoms with Crippen molar-refractivity contribution < 1.29 is 14.3 Å². The second-order valence-corrected chi connectivity index (χ2v) is 8.82. The zero-order chi connectivity index (χ0) is 22.1. The fourth-order valence-corrected chi connectivity index (χ4v) is 4.55. The average Bonchev–Trinajstić information content (AvgIpc) is 2.77. The molecule has 0 aliphatic carbocycles. The molecule has 7 nitrogen and oxygen atoms in total. The lowest BCUT2D eigenvalue weighted by Crippen LogP contribution is -2.27. The number of thioether (sulfide) groups is 1. The van der Waals surface area contributed by atoms with Crippen molar-refractivity contribution in [1.29, 1.82) is 0 Å². The molecule has 8 heteroatoms. The van der Waals surface area contributed by atoms with Crippen molar-refractivity contribution in [3.05, 3.63) is 58.4 Å². The number of carbonyl (C=O) groups is 2. The summed E-state index contributed by atoms with van der Waals surface area (Å²) < 4.78 is 7.04. The van der Waals surface area contributed by atoms with E-state index < -0.39 is 5.25 Å². The fraction of sp³-hybridized carbons (Fsp3) is 0.304. The summed E-state index contributed by atoms with van der Waals surface area (Å²) in [6, 6.07) is 12.2. The van der Waals surface area contributed by atoms with Crippen LogP contribution in [0, 0.1) is 0 Å². The van der Waals surface area contributed by atoms with Gasteiger partial charge >= 0.3 is 0 Å². The molecule has 2 heterocycles. The predicted molar refractivity (Wildman–Crippen MR) is 121 cm³/mol. The van der Waals surface area contributed by atoms with E-state index in [1.54, 1.807) is 41.8 Å². The molecule has 1 amide bonds. The Morgan fingerprint density at radius 3 is 2.77 bits per heavy atom. The number of carbonyl (C=O) groups excluding carboxylic acids is 2. The van der Waals surface area contributed by atoms with Crippen LogP contribution in [0.25, 0.3) is 10.9 Å². The molecule has 0 bridgehead atoms. The Labute approximate surface area is 183 Å². The molecule has 0 radical (unpaired) electrons. The monoisotopic (exact) mass is 437 g/mol. The lowest BCUT2D eigenvalue weighted by molar-refractivity contribution is -0.118. The minimum Gasteiger partial charge on any atom is -0.482 e. The van der Waals surface area contributed by atoms with Crippen molar-refractivity contribution in [3.8, 4) is 5.75 Å². The van der Waals surface area contributed by atoms with Crippen LogP contribution < -0.4 is 15.6 Å². The lowest BCUT2D eigenvalue weighted by atomic mass is 10.1. The summed E-state index contributed by atoms with van der Waals surface area (Å²) in [6.45, 7) is 5.75. The number of rotatable bonds is 6. The van der Waals surface area contributed by atoms with Gasteiger partial charge in [-0.1, -0.05) is 30.8 Å². The fourth-order valence-electron chi connectivity index (χ4n) is 3.46. The number of hydrogen-bond donors (Lipinski definition) is 1. The molecular weight excluding hydrogens is 414 g/mol. The zero-order valence-corrected chi connectivity index (χ0v) is 18.4. The number of Topliss-reactive ketones (excluding diaryl/α,β-unsaturated/α-hetero) is 1. The maximum atomic E-state index is 13.1. The third-order valence-corrected chi connectivity index (χ3v) is 6.42. The summed E-state index contributed by atoms with van der Waals surface area (Å²) in [5.41, 5.74) is 1.46. The number of nitrogens with zero attached hydrogens (tertiary/aromatic N) is 2. The number of aromatic nitrogens is 2. The highest BCUT2D eigenvalue weighted by Gasteiger charge is 2.24. The normalized spacial score (nSPS) is 15.0. The summed E-state index contributed by atoms with van der Waals surface area (Å²) in [6.07, 6.45) is 0.764. The highest BCUT2D eigenvalue weighted by atomic mass is 32.2. The average molecular weight is 438 g/mol. The van der Waals surface area contributed by atoms with Crippen LogP contribution in [-0.2, 0) is 4.79 Å². The highest BCUT2D eigenvalue weighted by molar-refractivity contribution is 8.00. The van der Waals surface area contributed by atoms with E-state index in [1.807, 2.05) is 26.0 Å². The Balaban J connectivity index is 1.67. The molecule has 2 atom stereocenters. The molecule has 1 N–H and O–H groups in total. The topological polar surface area (TPSA) is 90.3 Å². The number of hydrogen-bond acceptors (Lipinski definition) is 6. The Hall–Kier alpha value is -3.13. The largest absolute Gasteiger partial charge is 0.482 e. The van der Waals surface area contributed by atoms with E-state index in [-0.39, 0.29) is 29.9 Å². The molecule has 2 aromatic carbocycles. The van der Waals surface area contributed by atoms with Crippen molar-refractivity contribution in [2.24, 2.45) is 0 Å². The van der Waals surface area contributed by atoms with Crippen LogP contribution in [-0.4, -0.2) is 33.1 Å². The molecule has 0 saturated carbocycles. The standard InChI is InChI=1S/C23H23N3O4S/c1-4-13(2)26-22(29)16-7-5-6-8-17(16)25-23(26)31-14(3)21(28)15-9-10-19-18(11-15)24-20(27)12-30-19/h5-11,13-14H,4,12H2,1-3H3,(H,24,27). The van der Waals surface area contributed by atoms with Gasteiger partial charge in [-0.25, -0.2) is 4.98 Å². The second-order valence-electron chi connectivity index (χ2n) is 7.52. The molecule has 2 unspecified atom stereocenters. The minimum absolute atomic E-state index is 0.0344. The molecule has 0 fully saturated rings. The number of fused-ring (bicyclic) bond motifs is 2. The SMILES string of the molecule is CCC(C)n1c(SC(C)C(=O)c2ccc3c(c2)NC(=O)CO3)nc2ccccc2c1=O. The van der Waals surface area contributed by atoms with Gasteiger partial charge in [0.05, 0.1) is 21.8 Å². The molecule has 1 aliphatic rings. The van der Waals surface area contributed by atoms with Crippen molar-refractivity contribution in [1.82, 2.24) is 9.55 Å². The van der Waals surface area contributed by atoms with Crippen molar-refractivity contribution >= 4 is 40.0 Å². The van der Waals surface area contributed by atoms with Crippen LogP contribution in [0.15, 0.2) is 52.4 Å². The van der Waals surface area contributed by atoms with Crippen LogP contribution >= 0.6 is 11.8 Å². The molecular formula is C23H23N3O4S. The second kappa shape index (κ2) is 8.55. The third-order valence-electron chi connectivity index (χ3n) is 5.36. The molecule has 4 rings (SSSR count). The van der Waals surface area contributed by atoms with Gasteiger partial charge in [0.1, 0.15) is 5.75 Å². The first-order valence-electron chi connectivity index (χ1n) is 10.2. The summed E-state index contributed by atoms with van der Waals surface area (Å²) in [5, 5.41) is 3.33. The van der Waals surface area contributed by atoms with Gasteiger partial charge in [0.2, 0.25) is 0 Å². The summed E-state index contributed by atoms with van der Waals surface area (Å²) in [5.74, 6) is 0.168. The number of para-hydroxylation sites is 1. The maximum absolute atomic E-state index is 13.1. The first kappa shape index (κ1) is 21.1. The molecule has 1 aromatic heterocycles. The Morgan fingerprint density at radius 2 is 2.00 bits per heavy atom. The summed E-state index contributed by atoms with van der Waals surface area (Å²) in [7, 11) is 0. The van der Waals surface area contributed by atoms with Gasteiger partial charge in [-0.15, -0.1) is 0 Å². The first-order chi connectivity index (χ1) is 14.9. The van der Waals surface area contributed by atoms with E-state index in [0.29, 0.717) is 33.1 Å². The van der Waals surface area contributed by atoms with E-state index in [0.717, 1.165) is 6.42 Å². The van der Waals surface area contributed by atoms with Gasteiger partial charge in [-0.3, -0.25) is 19.0 Å². The smallest absolute Gasteiger partial charge is 0.262 e. The van der Waals surface area contributed by atoms with E-state index >= 15 is 0 Å². The summed E-state index contributed by atoms with van der Waals surface area (Å²) >= 11 is 1.27. The molecule has 0 saturated heterocycles. The van der Waals surface area contributed by atoms with Gasteiger partial charge in [-0.05, 0) is 50.6 Å².